The fourth-order valence-corrected chi connectivity index (χ4v) is 5.40. The van der Waals surface area contributed by atoms with Crippen LogP contribution in [0, 0.1) is 0 Å². The quantitative estimate of drug-likeness (QED) is 0.319. The smallest absolute Gasteiger partial charge is 1.00 e. The molecule has 4 aliphatic heterocycles. The molecule has 2 unspecified atom stereocenters. The van der Waals surface area contributed by atoms with Crippen molar-refractivity contribution in [3.8, 4) is 0 Å². The zero-order valence-corrected chi connectivity index (χ0v) is 24.0. The monoisotopic (exact) mass is 610 g/mol. The minimum absolute atomic E-state index is 0. The summed E-state index contributed by atoms with van der Waals surface area (Å²) in [4.78, 5) is 29.1. The first kappa shape index (κ1) is 30.3. The van der Waals surface area contributed by atoms with Crippen molar-refractivity contribution in [1.82, 2.24) is 14.8 Å². The van der Waals surface area contributed by atoms with E-state index < -0.39 is 0 Å². The van der Waals surface area contributed by atoms with Gasteiger partial charge in [-0.3, -0.25) is 9.98 Å². The van der Waals surface area contributed by atoms with E-state index in [-0.39, 0.29) is 66.4 Å². The summed E-state index contributed by atoms with van der Waals surface area (Å²) >= 11 is 0. The SMILES string of the molecule is C1=CC2N=C(c3cccc(C4=NC5C=CC(N6CCCC6)=CC5=N4)n3)N=C2C=C1N1CCCC1.[Cl-].[Cl-].[Cl-].[Fe+3]. The van der Waals surface area contributed by atoms with Crippen LogP contribution in [0.2, 0.25) is 0 Å². The molecule has 7 rings (SSSR count). The van der Waals surface area contributed by atoms with Gasteiger partial charge in [0.15, 0.2) is 11.7 Å². The Hall–Kier alpha value is -2.22. The average molecular weight is 612 g/mol. The molecule has 1 radical (unpaired) electrons. The number of pyridine rings is 1. The van der Waals surface area contributed by atoms with Crippen LogP contribution in [0.3, 0.4) is 0 Å². The van der Waals surface area contributed by atoms with Crippen LogP contribution in [-0.4, -0.2) is 76.1 Å². The number of amidine groups is 2. The Morgan fingerprint density at radius 2 is 1.05 bits per heavy atom. The van der Waals surface area contributed by atoms with Crippen molar-refractivity contribution in [1.29, 1.82) is 0 Å². The fourth-order valence-electron chi connectivity index (χ4n) is 5.40. The van der Waals surface area contributed by atoms with Crippen LogP contribution in [0.5, 0.6) is 0 Å². The maximum absolute atomic E-state index is 4.86. The van der Waals surface area contributed by atoms with Crippen LogP contribution in [0.25, 0.3) is 0 Å². The van der Waals surface area contributed by atoms with E-state index in [1.165, 1.54) is 37.1 Å². The minimum Gasteiger partial charge on any atom is -1.00 e. The van der Waals surface area contributed by atoms with Gasteiger partial charge in [0.25, 0.3) is 0 Å². The van der Waals surface area contributed by atoms with E-state index in [1.54, 1.807) is 0 Å². The first-order chi connectivity index (χ1) is 16.8. The van der Waals surface area contributed by atoms with Crippen molar-refractivity contribution in [2.24, 2.45) is 20.0 Å². The molecule has 0 amide bonds. The number of likely N-dealkylation sites (tertiary alicyclic amines) is 2. The Kier molecular flexibility index (Phi) is 10.2. The Balaban J connectivity index is 0.000001000. The van der Waals surface area contributed by atoms with Gasteiger partial charge in [-0.25, -0.2) is 15.0 Å². The van der Waals surface area contributed by atoms with Gasteiger partial charge < -0.3 is 47.0 Å². The van der Waals surface area contributed by atoms with Gasteiger partial charge in [-0.05, 0) is 62.1 Å². The normalized spacial score (nSPS) is 24.3. The molecule has 6 aliphatic rings. The second-order valence-electron chi connectivity index (χ2n) is 9.52. The van der Waals surface area contributed by atoms with Gasteiger partial charge in [-0.2, -0.15) is 0 Å². The molecular formula is C27H27Cl3FeN7. The molecule has 2 aliphatic carbocycles. The molecule has 0 N–H and O–H groups in total. The molecule has 38 heavy (non-hydrogen) atoms. The van der Waals surface area contributed by atoms with E-state index in [1.807, 2.05) is 18.2 Å². The molecule has 0 aromatic carbocycles. The second-order valence-corrected chi connectivity index (χ2v) is 9.52. The third-order valence-electron chi connectivity index (χ3n) is 7.24. The molecule has 2 fully saturated rings. The third kappa shape index (κ3) is 5.70. The van der Waals surface area contributed by atoms with Crippen molar-refractivity contribution in [3.63, 3.8) is 0 Å². The Bertz CT molecular complexity index is 1200. The molecule has 2 atom stereocenters. The summed E-state index contributed by atoms with van der Waals surface area (Å²) < 4.78 is 0. The molecule has 0 bridgehead atoms. The average Bonchev–Trinajstić information content (AvgIpc) is 3.69. The van der Waals surface area contributed by atoms with Gasteiger partial charge in [0.1, 0.15) is 23.5 Å². The van der Waals surface area contributed by atoms with E-state index in [2.05, 4.69) is 46.3 Å². The Morgan fingerprint density at radius 1 is 0.632 bits per heavy atom. The number of allylic oxidation sites excluding steroid dienone is 2. The number of fused-ring (bicyclic) bond motifs is 2. The molecule has 0 spiro atoms. The number of halogens is 3. The van der Waals surface area contributed by atoms with E-state index in [4.69, 9.17) is 25.0 Å². The number of nitrogens with zero attached hydrogens (tertiary/aromatic N) is 7. The summed E-state index contributed by atoms with van der Waals surface area (Å²) in [5, 5.41) is 0. The summed E-state index contributed by atoms with van der Waals surface area (Å²) in [6.45, 7) is 4.50. The molecule has 5 heterocycles. The molecule has 7 nitrogen and oxygen atoms in total. The maximum Gasteiger partial charge on any atom is 3.00 e. The molecule has 199 valence electrons. The standard InChI is InChI=1S/C27H27N7.3ClH.Fe/c1-2-13-33(12-1)18-8-10-20-24(16-18)31-26(29-20)22-6-5-7-23(28-22)27-30-21-11-9-19(17-25(21)32-27)34-14-3-4-15-34;;;;/h5-11,16-17,20-21H,1-4,12-15H2;3*1H;/q;;;;+3/p-3. The van der Waals surface area contributed by atoms with Gasteiger partial charge in [0.2, 0.25) is 0 Å². The summed E-state index contributed by atoms with van der Waals surface area (Å²) in [7, 11) is 0. The second kappa shape index (κ2) is 12.8. The zero-order valence-electron chi connectivity index (χ0n) is 20.6. The Labute approximate surface area is 252 Å². The molecule has 1 aromatic heterocycles. The Morgan fingerprint density at radius 3 is 1.47 bits per heavy atom. The van der Waals surface area contributed by atoms with E-state index in [0.717, 1.165) is 49.0 Å². The van der Waals surface area contributed by atoms with E-state index >= 15 is 0 Å². The molecule has 11 heteroatoms. The summed E-state index contributed by atoms with van der Waals surface area (Å²) in [6.07, 6.45) is 18.1. The van der Waals surface area contributed by atoms with Crippen LogP contribution in [0.15, 0.2) is 86.0 Å². The maximum atomic E-state index is 4.86. The van der Waals surface area contributed by atoms with Crippen molar-refractivity contribution in [2.75, 3.05) is 26.2 Å². The first-order valence-electron chi connectivity index (χ1n) is 12.4. The van der Waals surface area contributed by atoms with Gasteiger partial charge in [-0.1, -0.05) is 18.2 Å². The van der Waals surface area contributed by atoms with Gasteiger partial charge in [0.05, 0.1) is 11.4 Å². The first-order valence-corrected chi connectivity index (χ1v) is 12.4. The molecule has 1 aromatic rings. The zero-order chi connectivity index (χ0) is 22.5. The number of hydrogen-bond acceptors (Lipinski definition) is 7. The van der Waals surface area contributed by atoms with Crippen LogP contribution >= 0.6 is 0 Å². The predicted molar refractivity (Wildman–Crippen MR) is 136 cm³/mol. The van der Waals surface area contributed by atoms with Crippen molar-refractivity contribution < 1.29 is 54.3 Å². The summed E-state index contributed by atoms with van der Waals surface area (Å²) in [5.74, 6) is 1.37. The van der Waals surface area contributed by atoms with Crippen molar-refractivity contribution in [3.05, 3.63) is 77.4 Å². The molecular weight excluding hydrogens is 585 g/mol. The van der Waals surface area contributed by atoms with Crippen molar-refractivity contribution >= 4 is 23.1 Å². The summed E-state index contributed by atoms with van der Waals surface area (Å²) in [6, 6.07) is 5.91. The topological polar surface area (TPSA) is 68.8 Å². The number of aliphatic imine (C=N–C) groups is 4. The largest absolute Gasteiger partial charge is 3.00 e. The number of rotatable bonds is 4. The van der Waals surface area contributed by atoms with Crippen molar-refractivity contribution in [2.45, 2.75) is 37.8 Å². The molecule has 2 saturated heterocycles. The number of aromatic nitrogens is 1. The van der Waals surface area contributed by atoms with Gasteiger partial charge >= 0.3 is 17.1 Å². The van der Waals surface area contributed by atoms with Gasteiger partial charge in [0, 0.05) is 37.6 Å². The fraction of sp³-hybridized carbons (Fsp3) is 0.370. The minimum atomic E-state index is -0.0157. The number of hydrogen-bond donors (Lipinski definition) is 0. The van der Waals surface area contributed by atoms with E-state index in [9.17, 15) is 0 Å². The van der Waals surface area contributed by atoms with Crippen LogP contribution < -0.4 is 37.2 Å². The van der Waals surface area contributed by atoms with Gasteiger partial charge in [-0.15, -0.1) is 0 Å². The van der Waals surface area contributed by atoms with E-state index in [0.29, 0.717) is 11.7 Å². The van der Waals surface area contributed by atoms with Crippen LogP contribution in [-0.2, 0) is 17.1 Å². The predicted octanol–water partition coefficient (Wildman–Crippen LogP) is -5.67. The van der Waals surface area contributed by atoms with Crippen LogP contribution in [0.1, 0.15) is 37.1 Å². The summed E-state index contributed by atoms with van der Waals surface area (Å²) in [5.41, 5.74) is 6.04. The third-order valence-corrected chi connectivity index (χ3v) is 7.24. The van der Waals surface area contributed by atoms with Crippen LogP contribution in [0.4, 0.5) is 0 Å². The molecule has 0 saturated carbocycles.